The maximum atomic E-state index is 11.8. The highest BCUT2D eigenvalue weighted by molar-refractivity contribution is 5.81. The summed E-state index contributed by atoms with van der Waals surface area (Å²) >= 11 is 0. The molecule has 1 amide bonds. The Kier molecular flexibility index (Phi) is 4.29. The number of hydrogen-bond donors (Lipinski definition) is 2. The smallest absolute Gasteiger partial charge is 0.239 e. The first kappa shape index (κ1) is 12.6. The Morgan fingerprint density at radius 2 is 2.50 bits per heavy atom. The summed E-state index contributed by atoms with van der Waals surface area (Å²) < 4.78 is 5.23. The Morgan fingerprint density at radius 1 is 1.61 bits per heavy atom. The summed E-state index contributed by atoms with van der Waals surface area (Å²) in [6.07, 6.45) is 0. The van der Waals surface area contributed by atoms with Crippen LogP contribution in [0.2, 0.25) is 0 Å². The summed E-state index contributed by atoms with van der Waals surface area (Å²) in [5.74, 6) is -0.0722. The normalized spacial score (nSPS) is 18.9. The van der Waals surface area contributed by atoms with E-state index in [0.717, 1.165) is 5.56 Å². The van der Waals surface area contributed by atoms with Gasteiger partial charge < -0.3 is 15.4 Å². The molecule has 0 bridgehead atoms. The first-order valence-corrected chi connectivity index (χ1v) is 5.87. The van der Waals surface area contributed by atoms with Crippen molar-refractivity contribution in [1.82, 2.24) is 10.6 Å². The predicted molar refractivity (Wildman–Crippen MR) is 65.6 cm³/mol. The molecule has 0 aromatic heterocycles. The van der Waals surface area contributed by atoms with Gasteiger partial charge in [0.25, 0.3) is 0 Å². The van der Waals surface area contributed by atoms with E-state index in [1.54, 1.807) is 12.1 Å². The number of nitrogens with one attached hydrogen (secondary N) is 2. The van der Waals surface area contributed by atoms with Crippen molar-refractivity contribution < 1.29 is 9.53 Å². The molecule has 5 nitrogen and oxygen atoms in total. The number of amides is 1. The molecule has 5 heteroatoms. The van der Waals surface area contributed by atoms with E-state index in [4.69, 9.17) is 10.00 Å². The fraction of sp³-hybridized carbons (Fsp3) is 0.385. The standard InChI is InChI=1S/C13H15N3O2/c14-7-10-2-1-3-11(6-10)8-16-13(17)12-9-18-5-4-15-12/h1-3,6,12,15H,4-5,8-9H2,(H,16,17). The first-order valence-electron chi connectivity index (χ1n) is 5.87. The van der Waals surface area contributed by atoms with Gasteiger partial charge in [-0.15, -0.1) is 0 Å². The topological polar surface area (TPSA) is 74.2 Å². The fourth-order valence-corrected chi connectivity index (χ4v) is 1.80. The second kappa shape index (κ2) is 6.15. The van der Waals surface area contributed by atoms with Gasteiger partial charge >= 0.3 is 0 Å². The van der Waals surface area contributed by atoms with Gasteiger partial charge in [0.15, 0.2) is 0 Å². The minimum Gasteiger partial charge on any atom is -0.378 e. The van der Waals surface area contributed by atoms with Crippen LogP contribution in [0.25, 0.3) is 0 Å². The molecule has 18 heavy (non-hydrogen) atoms. The lowest BCUT2D eigenvalue weighted by Gasteiger charge is -2.22. The average molecular weight is 245 g/mol. The van der Waals surface area contributed by atoms with Crippen LogP contribution in [0.3, 0.4) is 0 Å². The molecule has 0 spiro atoms. The molecular weight excluding hydrogens is 230 g/mol. The van der Waals surface area contributed by atoms with Gasteiger partial charge in [0.1, 0.15) is 6.04 Å². The number of carbonyl (C=O) groups excluding carboxylic acids is 1. The van der Waals surface area contributed by atoms with Gasteiger partial charge in [0, 0.05) is 13.1 Å². The summed E-state index contributed by atoms with van der Waals surface area (Å²) in [4.78, 5) is 11.8. The van der Waals surface area contributed by atoms with Crippen molar-refractivity contribution in [2.75, 3.05) is 19.8 Å². The van der Waals surface area contributed by atoms with Crippen LogP contribution in [-0.4, -0.2) is 31.7 Å². The zero-order valence-electron chi connectivity index (χ0n) is 9.98. The summed E-state index contributed by atoms with van der Waals surface area (Å²) in [6.45, 7) is 2.17. The number of nitriles is 1. The zero-order chi connectivity index (χ0) is 12.8. The molecule has 1 saturated heterocycles. The number of benzene rings is 1. The van der Waals surface area contributed by atoms with Crippen molar-refractivity contribution in [1.29, 1.82) is 5.26 Å². The van der Waals surface area contributed by atoms with E-state index in [0.29, 0.717) is 31.9 Å². The minimum atomic E-state index is -0.280. The van der Waals surface area contributed by atoms with Crippen molar-refractivity contribution in [2.24, 2.45) is 0 Å². The van der Waals surface area contributed by atoms with E-state index in [9.17, 15) is 4.79 Å². The second-order valence-electron chi connectivity index (χ2n) is 4.11. The van der Waals surface area contributed by atoms with E-state index in [1.165, 1.54) is 0 Å². The summed E-state index contributed by atoms with van der Waals surface area (Å²) in [6, 6.07) is 8.99. The van der Waals surface area contributed by atoms with Gasteiger partial charge in [-0.25, -0.2) is 0 Å². The Morgan fingerprint density at radius 3 is 3.22 bits per heavy atom. The molecule has 1 aromatic rings. The highest BCUT2D eigenvalue weighted by atomic mass is 16.5. The second-order valence-corrected chi connectivity index (χ2v) is 4.11. The third kappa shape index (κ3) is 3.29. The Hall–Kier alpha value is -1.90. The summed E-state index contributed by atoms with van der Waals surface area (Å²) in [5.41, 5.74) is 1.51. The van der Waals surface area contributed by atoms with Gasteiger partial charge in [-0.05, 0) is 17.7 Å². The molecule has 1 atom stereocenters. The third-order valence-corrected chi connectivity index (χ3v) is 2.76. The first-order chi connectivity index (χ1) is 8.79. The van der Waals surface area contributed by atoms with Crippen molar-refractivity contribution >= 4 is 5.91 Å². The molecule has 2 rings (SSSR count). The summed E-state index contributed by atoms with van der Waals surface area (Å²) in [5, 5.41) is 14.7. The Labute approximate surface area is 106 Å². The van der Waals surface area contributed by atoms with E-state index in [2.05, 4.69) is 16.7 Å². The molecule has 1 unspecified atom stereocenters. The molecule has 1 heterocycles. The van der Waals surface area contributed by atoms with E-state index >= 15 is 0 Å². The van der Waals surface area contributed by atoms with Crippen molar-refractivity contribution in [3.63, 3.8) is 0 Å². The van der Waals surface area contributed by atoms with E-state index in [-0.39, 0.29) is 11.9 Å². The van der Waals surface area contributed by atoms with Gasteiger partial charge in [-0.2, -0.15) is 5.26 Å². The van der Waals surface area contributed by atoms with Crippen LogP contribution in [0.5, 0.6) is 0 Å². The van der Waals surface area contributed by atoms with Crippen LogP contribution in [0.1, 0.15) is 11.1 Å². The molecule has 2 N–H and O–H groups in total. The molecule has 0 radical (unpaired) electrons. The maximum absolute atomic E-state index is 11.8. The molecule has 1 aliphatic heterocycles. The molecular formula is C13H15N3O2. The van der Waals surface area contributed by atoms with Crippen LogP contribution < -0.4 is 10.6 Å². The maximum Gasteiger partial charge on any atom is 0.239 e. The minimum absolute atomic E-state index is 0.0722. The van der Waals surface area contributed by atoms with Gasteiger partial charge in [-0.3, -0.25) is 4.79 Å². The van der Waals surface area contributed by atoms with Crippen molar-refractivity contribution in [3.05, 3.63) is 35.4 Å². The number of hydrogen-bond acceptors (Lipinski definition) is 4. The zero-order valence-corrected chi connectivity index (χ0v) is 9.98. The van der Waals surface area contributed by atoms with Crippen LogP contribution in [-0.2, 0) is 16.1 Å². The Bertz CT molecular complexity index is 462. The summed E-state index contributed by atoms with van der Waals surface area (Å²) in [7, 11) is 0. The number of nitrogens with zero attached hydrogens (tertiary/aromatic N) is 1. The number of morpholine rings is 1. The number of carbonyl (C=O) groups is 1. The fourth-order valence-electron chi connectivity index (χ4n) is 1.80. The molecule has 0 aliphatic carbocycles. The van der Waals surface area contributed by atoms with E-state index in [1.807, 2.05) is 12.1 Å². The van der Waals surface area contributed by atoms with E-state index < -0.39 is 0 Å². The average Bonchev–Trinajstić information content (AvgIpc) is 2.46. The quantitative estimate of drug-likeness (QED) is 0.795. The van der Waals surface area contributed by atoms with Gasteiger partial charge in [0.05, 0.1) is 24.8 Å². The molecule has 1 aliphatic rings. The predicted octanol–water partition coefficient (Wildman–Crippen LogP) is 0.163. The van der Waals surface area contributed by atoms with Gasteiger partial charge in [-0.1, -0.05) is 12.1 Å². The van der Waals surface area contributed by atoms with Crippen LogP contribution >= 0.6 is 0 Å². The van der Waals surface area contributed by atoms with Crippen LogP contribution in [0.15, 0.2) is 24.3 Å². The number of rotatable bonds is 3. The molecule has 1 fully saturated rings. The lowest BCUT2D eigenvalue weighted by molar-refractivity contribution is -0.126. The molecule has 94 valence electrons. The van der Waals surface area contributed by atoms with Gasteiger partial charge in [0.2, 0.25) is 5.91 Å². The Balaban J connectivity index is 1.86. The van der Waals surface area contributed by atoms with Crippen LogP contribution in [0.4, 0.5) is 0 Å². The SMILES string of the molecule is N#Cc1cccc(CNC(=O)C2COCCN2)c1. The third-order valence-electron chi connectivity index (χ3n) is 2.76. The molecule has 0 saturated carbocycles. The highest BCUT2D eigenvalue weighted by Gasteiger charge is 2.20. The lowest BCUT2D eigenvalue weighted by atomic mass is 10.1. The molecule has 1 aromatic carbocycles. The largest absolute Gasteiger partial charge is 0.378 e. The lowest BCUT2D eigenvalue weighted by Crippen LogP contribution is -2.51. The monoisotopic (exact) mass is 245 g/mol. The van der Waals surface area contributed by atoms with Crippen molar-refractivity contribution in [2.45, 2.75) is 12.6 Å². The van der Waals surface area contributed by atoms with Crippen molar-refractivity contribution in [3.8, 4) is 6.07 Å². The highest BCUT2D eigenvalue weighted by Crippen LogP contribution is 2.04. The van der Waals surface area contributed by atoms with Crippen LogP contribution in [0, 0.1) is 11.3 Å². The number of ether oxygens (including phenoxy) is 1.